The van der Waals surface area contributed by atoms with E-state index in [4.69, 9.17) is 17.3 Å². The zero-order valence-electron chi connectivity index (χ0n) is 13.6. The molecular weight excluding hydrogens is 373 g/mol. The summed E-state index contributed by atoms with van der Waals surface area (Å²) in [6, 6.07) is 12.3. The average molecular weight is 384 g/mol. The maximum atomic E-state index is 14.2. The van der Waals surface area contributed by atoms with Gasteiger partial charge in [-0.05, 0) is 36.4 Å². The largest absolute Gasteiger partial charge is 0.364 e. The van der Waals surface area contributed by atoms with E-state index in [0.717, 1.165) is 0 Å². The molecule has 0 unspecified atom stereocenters. The molecule has 0 aliphatic heterocycles. The molecule has 2 aromatic heterocycles. The van der Waals surface area contributed by atoms with Gasteiger partial charge in [0.15, 0.2) is 17.2 Å². The van der Waals surface area contributed by atoms with Crippen molar-refractivity contribution < 1.29 is 9.18 Å². The van der Waals surface area contributed by atoms with Crippen LogP contribution in [0.25, 0.3) is 28.2 Å². The number of hydrogen-bond donors (Lipinski definition) is 2. The summed E-state index contributed by atoms with van der Waals surface area (Å²) in [5, 5.41) is 0.492. The van der Waals surface area contributed by atoms with Crippen LogP contribution in [-0.2, 0) is 0 Å². The Morgan fingerprint density at radius 1 is 1.11 bits per heavy atom. The molecule has 0 aliphatic rings. The van der Waals surface area contributed by atoms with Crippen molar-refractivity contribution >= 4 is 28.7 Å². The third-order valence-electron chi connectivity index (χ3n) is 3.97. The number of hydrogen-bond acceptors (Lipinski definition) is 4. The molecule has 134 valence electrons. The molecular formula is C18H11ClFN5O2. The number of rotatable bonds is 3. The van der Waals surface area contributed by atoms with E-state index in [-0.39, 0.29) is 28.2 Å². The zero-order valence-corrected chi connectivity index (χ0v) is 14.4. The van der Waals surface area contributed by atoms with Crippen LogP contribution in [0.3, 0.4) is 0 Å². The van der Waals surface area contributed by atoms with E-state index in [1.165, 1.54) is 22.8 Å². The first-order chi connectivity index (χ1) is 13.0. The standard InChI is InChI=1S/C18H11ClFN5O2/c19-9-5-7-10(8-6-9)25-17-14(23-18(25)27)13(15(21)26)22-16(24-17)11-3-1-2-4-12(11)20/h1-8H,(H2,21,26)(H,23,27). The highest BCUT2D eigenvalue weighted by Gasteiger charge is 2.21. The van der Waals surface area contributed by atoms with Crippen LogP contribution in [-0.4, -0.2) is 25.4 Å². The Kier molecular flexibility index (Phi) is 3.97. The van der Waals surface area contributed by atoms with Crippen molar-refractivity contribution in [1.29, 1.82) is 0 Å². The molecule has 2 aromatic carbocycles. The van der Waals surface area contributed by atoms with Gasteiger partial charge in [0.25, 0.3) is 5.91 Å². The molecule has 0 fully saturated rings. The van der Waals surface area contributed by atoms with Crippen molar-refractivity contribution in [3.05, 3.63) is 75.5 Å². The van der Waals surface area contributed by atoms with Gasteiger partial charge in [-0.1, -0.05) is 23.7 Å². The number of nitrogens with two attached hydrogens (primary N) is 1. The molecule has 0 radical (unpaired) electrons. The number of nitrogens with one attached hydrogen (secondary N) is 1. The number of amides is 1. The van der Waals surface area contributed by atoms with Gasteiger partial charge in [-0.25, -0.2) is 23.7 Å². The third-order valence-corrected chi connectivity index (χ3v) is 4.22. The minimum Gasteiger partial charge on any atom is -0.364 e. The van der Waals surface area contributed by atoms with Crippen LogP contribution in [0, 0.1) is 5.82 Å². The van der Waals surface area contributed by atoms with E-state index in [2.05, 4.69) is 15.0 Å². The molecule has 9 heteroatoms. The van der Waals surface area contributed by atoms with Crippen LogP contribution >= 0.6 is 11.6 Å². The van der Waals surface area contributed by atoms with Crippen molar-refractivity contribution in [1.82, 2.24) is 19.5 Å². The number of aromatic nitrogens is 4. The lowest BCUT2D eigenvalue weighted by atomic mass is 10.2. The van der Waals surface area contributed by atoms with Crippen molar-refractivity contribution in [2.45, 2.75) is 0 Å². The SMILES string of the molecule is NC(=O)c1nc(-c2ccccc2F)nc2c1[nH]c(=O)n2-c1ccc(Cl)cc1. The number of halogens is 2. The fourth-order valence-electron chi connectivity index (χ4n) is 2.76. The number of nitrogens with zero attached hydrogens (tertiary/aromatic N) is 3. The minimum atomic E-state index is -0.871. The summed E-state index contributed by atoms with van der Waals surface area (Å²) in [6.45, 7) is 0. The van der Waals surface area contributed by atoms with E-state index >= 15 is 0 Å². The van der Waals surface area contributed by atoms with Gasteiger partial charge in [0.05, 0.1) is 11.3 Å². The van der Waals surface area contributed by atoms with Gasteiger partial charge in [0.2, 0.25) is 0 Å². The van der Waals surface area contributed by atoms with Crippen molar-refractivity contribution in [2.75, 3.05) is 0 Å². The van der Waals surface area contributed by atoms with Crippen LogP contribution in [0.4, 0.5) is 4.39 Å². The van der Waals surface area contributed by atoms with Gasteiger partial charge in [0, 0.05) is 5.02 Å². The number of aromatic amines is 1. The Morgan fingerprint density at radius 3 is 2.48 bits per heavy atom. The molecule has 0 bridgehead atoms. The number of benzene rings is 2. The summed E-state index contributed by atoms with van der Waals surface area (Å²) < 4.78 is 15.4. The van der Waals surface area contributed by atoms with E-state index in [1.54, 1.807) is 30.3 Å². The molecule has 1 amide bonds. The molecule has 0 saturated carbocycles. The van der Waals surface area contributed by atoms with Crippen molar-refractivity contribution in [3.8, 4) is 17.1 Å². The lowest BCUT2D eigenvalue weighted by Gasteiger charge is -2.07. The molecule has 0 spiro atoms. The predicted molar refractivity (Wildman–Crippen MR) is 98.4 cm³/mol. The molecule has 0 saturated heterocycles. The van der Waals surface area contributed by atoms with Gasteiger partial charge in [-0.15, -0.1) is 0 Å². The maximum absolute atomic E-state index is 14.2. The van der Waals surface area contributed by atoms with Gasteiger partial charge < -0.3 is 10.7 Å². The highest BCUT2D eigenvalue weighted by atomic mass is 35.5. The van der Waals surface area contributed by atoms with E-state index < -0.39 is 17.4 Å². The summed E-state index contributed by atoms with van der Waals surface area (Å²) in [7, 11) is 0. The first kappa shape index (κ1) is 16.9. The molecule has 0 atom stereocenters. The first-order valence-corrected chi connectivity index (χ1v) is 8.17. The molecule has 0 aliphatic carbocycles. The summed E-state index contributed by atoms with van der Waals surface area (Å²) in [6.07, 6.45) is 0. The smallest absolute Gasteiger partial charge is 0.332 e. The topological polar surface area (TPSA) is 107 Å². The lowest BCUT2D eigenvalue weighted by Crippen LogP contribution is -2.15. The van der Waals surface area contributed by atoms with Crippen molar-refractivity contribution in [3.63, 3.8) is 0 Å². The quantitative estimate of drug-likeness (QED) is 0.567. The fourth-order valence-corrected chi connectivity index (χ4v) is 2.88. The normalized spacial score (nSPS) is 11.0. The van der Waals surface area contributed by atoms with Crippen LogP contribution in [0.1, 0.15) is 10.5 Å². The van der Waals surface area contributed by atoms with Gasteiger partial charge in [-0.2, -0.15) is 0 Å². The van der Waals surface area contributed by atoms with E-state index in [1.807, 2.05) is 0 Å². The Morgan fingerprint density at radius 2 is 1.81 bits per heavy atom. The van der Waals surface area contributed by atoms with Crippen molar-refractivity contribution in [2.24, 2.45) is 5.73 Å². The van der Waals surface area contributed by atoms with Crippen LogP contribution in [0.5, 0.6) is 0 Å². The van der Waals surface area contributed by atoms with Gasteiger partial charge >= 0.3 is 5.69 Å². The van der Waals surface area contributed by atoms with E-state index in [0.29, 0.717) is 10.7 Å². The van der Waals surface area contributed by atoms with E-state index in [9.17, 15) is 14.0 Å². The third kappa shape index (κ3) is 2.85. The molecule has 4 aromatic rings. The number of carbonyl (C=O) groups is 1. The Balaban J connectivity index is 2.08. The number of primary amides is 1. The highest BCUT2D eigenvalue weighted by Crippen LogP contribution is 2.24. The molecule has 7 nitrogen and oxygen atoms in total. The van der Waals surface area contributed by atoms with Gasteiger partial charge in [0.1, 0.15) is 11.3 Å². The monoisotopic (exact) mass is 383 g/mol. The first-order valence-electron chi connectivity index (χ1n) is 7.79. The Bertz CT molecular complexity index is 1250. The van der Waals surface area contributed by atoms with Crippen LogP contribution in [0.2, 0.25) is 5.02 Å². The number of H-pyrrole nitrogens is 1. The molecule has 2 heterocycles. The fraction of sp³-hybridized carbons (Fsp3) is 0. The second kappa shape index (κ2) is 6.33. The summed E-state index contributed by atoms with van der Waals surface area (Å²) in [5.41, 5.74) is 5.38. The number of fused-ring (bicyclic) bond motifs is 1. The average Bonchev–Trinajstić information content (AvgIpc) is 2.97. The summed E-state index contributed by atoms with van der Waals surface area (Å²) in [4.78, 5) is 35.3. The van der Waals surface area contributed by atoms with Crippen LogP contribution < -0.4 is 11.4 Å². The molecule has 3 N–H and O–H groups in total. The second-order valence-corrected chi connectivity index (χ2v) is 6.12. The summed E-state index contributed by atoms with van der Waals surface area (Å²) in [5.74, 6) is -1.50. The lowest BCUT2D eigenvalue weighted by molar-refractivity contribution is 0.0997. The maximum Gasteiger partial charge on any atom is 0.332 e. The summed E-state index contributed by atoms with van der Waals surface area (Å²) >= 11 is 5.90. The molecule has 27 heavy (non-hydrogen) atoms. The predicted octanol–water partition coefficient (Wildman–Crippen LogP) is 2.67. The molecule has 4 rings (SSSR count). The Hall–Kier alpha value is -3.52. The zero-order chi connectivity index (χ0) is 19.1. The number of imidazole rings is 1. The number of carbonyl (C=O) groups excluding carboxylic acids is 1. The Labute approximate surface area is 156 Å². The van der Waals surface area contributed by atoms with Gasteiger partial charge in [-0.3, -0.25) is 4.79 Å². The van der Waals surface area contributed by atoms with Crippen LogP contribution in [0.15, 0.2) is 53.3 Å². The minimum absolute atomic E-state index is 0.0592. The highest BCUT2D eigenvalue weighted by molar-refractivity contribution is 6.30. The second-order valence-electron chi connectivity index (χ2n) is 5.68.